The van der Waals surface area contributed by atoms with Crippen LogP contribution in [-0.4, -0.2) is 40.3 Å². The third-order valence-corrected chi connectivity index (χ3v) is 6.90. The number of ether oxygens (including phenoxy) is 4. The number of amides is 1. The van der Waals surface area contributed by atoms with Crippen LogP contribution in [-0.2, 0) is 6.54 Å². The van der Waals surface area contributed by atoms with E-state index in [4.69, 9.17) is 18.9 Å². The molecule has 6 rings (SSSR count). The van der Waals surface area contributed by atoms with Gasteiger partial charge in [-0.25, -0.2) is 18.1 Å². The molecule has 1 amide bonds. The van der Waals surface area contributed by atoms with Gasteiger partial charge in [0.1, 0.15) is 30.3 Å². The molecule has 44 heavy (non-hydrogen) atoms. The fourth-order valence-electron chi connectivity index (χ4n) is 4.79. The van der Waals surface area contributed by atoms with E-state index >= 15 is 4.39 Å². The number of hydrogen-bond donors (Lipinski definition) is 1. The number of methoxy groups -OCH3 is 1. The van der Waals surface area contributed by atoms with Crippen LogP contribution in [0, 0.1) is 11.6 Å². The number of nitrogens with one attached hydrogen (secondary N) is 1. The van der Waals surface area contributed by atoms with Gasteiger partial charge in [0.05, 0.1) is 23.7 Å². The standard InChI is InChI=1S/C31H24F2N4O7/c1-3-36-16-20(30(39)37(31(36)40)19-7-4-17(32)5-8-19)29(38)35-18-6-9-23(21(33)14-18)44-24-10-11-34-22-15-25(41-2)27-28(26(22)24)43-13-12-42-27/h4-11,14-16H,3,12-13H2,1-2H3,(H,35,38). The molecule has 0 fully saturated rings. The first kappa shape index (κ1) is 28.4. The normalized spacial score (nSPS) is 12.2. The minimum atomic E-state index is -0.917. The van der Waals surface area contributed by atoms with E-state index in [1.165, 1.54) is 42.1 Å². The molecule has 3 heterocycles. The number of hydrogen-bond acceptors (Lipinski definition) is 8. The lowest BCUT2D eigenvalue weighted by atomic mass is 10.1. The monoisotopic (exact) mass is 602 g/mol. The Hall–Kier alpha value is -5.72. The van der Waals surface area contributed by atoms with E-state index in [0.29, 0.717) is 34.8 Å². The minimum Gasteiger partial charge on any atom is -0.493 e. The number of aromatic nitrogens is 3. The molecule has 0 bridgehead atoms. The molecule has 1 aliphatic heterocycles. The third-order valence-electron chi connectivity index (χ3n) is 6.90. The van der Waals surface area contributed by atoms with Crippen molar-refractivity contribution < 1.29 is 32.5 Å². The van der Waals surface area contributed by atoms with Gasteiger partial charge in [-0.2, -0.15) is 0 Å². The second-order valence-electron chi connectivity index (χ2n) is 9.57. The number of fused-ring (bicyclic) bond motifs is 3. The lowest BCUT2D eigenvalue weighted by molar-refractivity contribution is 0.102. The lowest BCUT2D eigenvalue weighted by Crippen LogP contribution is -2.42. The van der Waals surface area contributed by atoms with Crippen molar-refractivity contribution in [2.75, 3.05) is 25.6 Å². The second kappa shape index (κ2) is 11.5. The fraction of sp³-hybridized carbons (Fsp3) is 0.161. The van der Waals surface area contributed by atoms with Crippen LogP contribution in [0.5, 0.6) is 28.7 Å². The van der Waals surface area contributed by atoms with Gasteiger partial charge in [-0.3, -0.25) is 19.1 Å². The van der Waals surface area contributed by atoms with Crippen LogP contribution < -0.4 is 35.5 Å². The number of carbonyl (C=O) groups excluding carboxylic acids is 1. The molecule has 0 saturated heterocycles. The first-order valence-electron chi connectivity index (χ1n) is 13.5. The van der Waals surface area contributed by atoms with Gasteiger partial charge in [0.25, 0.3) is 11.5 Å². The van der Waals surface area contributed by atoms with Crippen LogP contribution in [0.1, 0.15) is 17.3 Å². The van der Waals surface area contributed by atoms with E-state index in [1.54, 1.807) is 19.1 Å². The minimum absolute atomic E-state index is 0.0280. The predicted molar refractivity (Wildman–Crippen MR) is 156 cm³/mol. The van der Waals surface area contributed by atoms with E-state index in [-0.39, 0.29) is 41.6 Å². The first-order valence-corrected chi connectivity index (χ1v) is 13.5. The zero-order valence-electron chi connectivity index (χ0n) is 23.4. The Labute approximate surface area is 247 Å². The van der Waals surface area contributed by atoms with Crippen molar-refractivity contribution in [2.45, 2.75) is 13.5 Å². The van der Waals surface area contributed by atoms with Crippen molar-refractivity contribution in [3.63, 3.8) is 0 Å². The summed E-state index contributed by atoms with van der Waals surface area (Å²) >= 11 is 0. The van der Waals surface area contributed by atoms with Gasteiger partial charge in [-0.05, 0) is 49.4 Å². The van der Waals surface area contributed by atoms with Crippen molar-refractivity contribution in [1.82, 2.24) is 14.1 Å². The number of halogens is 2. The Morgan fingerprint density at radius 2 is 1.73 bits per heavy atom. The molecule has 0 atom stereocenters. The molecular weight excluding hydrogens is 578 g/mol. The topological polar surface area (TPSA) is 123 Å². The average molecular weight is 603 g/mol. The maximum absolute atomic E-state index is 15.3. The summed E-state index contributed by atoms with van der Waals surface area (Å²) in [6.45, 7) is 2.43. The summed E-state index contributed by atoms with van der Waals surface area (Å²) < 4.78 is 53.6. The van der Waals surface area contributed by atoms with Crippen LogP contribution in [0.2, 0.25) is 0 Å². The smallest absolute Gasteiger partial charge is 0.335 e. The molecule has 1 N–H and O–H groups in total. The van der Waals surface area contributed by atoms with Crippen LogP contribution in [0.3, 0.4) is 0 Å². The first-order chi connectivity index (χ1) is 21.3. The molecule has 0 saturated carbocycles. The molecule has 0 radical (unpaired) electrons. The highest BCUT2D eigenvalue weighted by molar-refractivity contribution is 6.04. The molecule has 5 aromatic rings. The van der Waals surface area contributed by atoms with Crippen molar-refractivity contribution in [2.24, 2.45) is 0 Å². The number of aryl methyl sites for hydroxylation is 1. The van der Waals surface area contributed by atoms with Gasteiger partial charge in [0, 0.05) is 36.8 Å². The molecule has 224 valence electrons. The Morgan fingerprint density at radius 1 is 0.977 bits per heavy atom. The zero-order valence-corrected chi connectivity index (χ0v) is 23.4. The Morgan fingerprint density at radius 3 is 2.43 bits per heavy atom. The van der Waals surface area contributed by atoms with E-state index < -0.39 is 28.8 Å². The summed E-state index contributed by atoms with van der Waals surface area (Å²) in [4.78, 5) is 43.6. The van der Waals surface area contributed by atoms with E-state index in [9.17, 15) is 18.8 Å². The average Bonchev–Trinajstić information content (AvgIpc) is 3.03. The van der Waals surface area contributed by atoms with E-state index in [0.717, 1.165) is 29.0 Å². The molecular formula is C31H24F2N4O7. The molecule has 13 heteroatoms. The van der Waals surface area contributed by atoms with Crippen LogP contribution in [0.25, 0.3) is 16.6 Å². The summed E-state index contributed by atoms with van der Waals surface area (Å²) in [5.41, 5.74) is -1.39. The highest BCUT2D eigenvalue weighted by Gasteiger charge is 2.25. The molecule has 1 aliphatic rings. The Kier molecular flexibility index (Phi) is 7.43. The van der Waals surface area contributed by atoms with Gasteiger partial charge >= 0.3 is 5.69 Å². The predicted octanol–water partition coefficient (Wildman–Crippen LogP) is 4.67. The second-order valence-corrected chi connectivity index (χ2v) is 9.57. The molecule has 3 aromatic carbocycles. The molecule has 0 unspecified atom stereocenters. The molecule has 11 nitrogen and oxygen atoms in total. The zero-order chi connectivity index (χ0) is 31.0. The number of nitrogens with zero attached hydrogens (tertiary/aromatic N) is 3. The highest BCUT2D eigenvalue weighted by Crippen LogP contribution is 2.48. The summed E-state index contributed by atoms with van der Waals surface area (Å²) in [5.74, 6) is -0.975. The van der Waals surface area contributed by atoms with Crippen molar-refractivity contribution in [3.8, 4) is 34.4 Å². The molecule has 0 spiro atoms. The van der Waals surface area contributed by atoms with Gasteiger partial charge in [-0.15, -0.1) is 0 Å². The largest absolute Gasteiger partial charge is 0.493 e. The Bertz CT molecular complexity index is 2040. The molecule has 2 aromatic heterocycles. The number of carbonyl (C=O) groups is 1. The van der Waals surface area contributed by atoms with Crippen LogP contribution in [0.15, 0.2) is 76.6 Å². The van der Waals surface area contributed by atoms with E-state index in [2.05, 4.69) is 10.3 Å². The lowest BCUT2D eigenvalue weighted by Gasteiger charge is -2.23. The van der Waals surface area contributed by atoms with Gasteiger partial charge < -0.3 is 24.3 Å². The van der Waals surface area contributed by atoms with E-state index in [1.807, 2.05) is 0 Å². The summed E-state index contributed by atoms with van der Waals surface area (Å²) in [7, 11) is 1.50. The number of pyridine rings is 1. The quantitative estimate of drug-likeness (QED) is 0.285. The number of benzene rings is 3. The maximum atomic E-state index is 15.3. The molecule has 0 aliphatic carbocycles. The summed E-state index contributed by atoms with van der Waals surface area (Å²) in [6, 6.07) is 11.7. The summed E-state index contributed by atoms with van der Waals surface area (Å²) in [5, 5.41) is 2.95. The third kappa shape index (κ3) is 5.08. The number of anilines is 1. The highest BCUT2D eigenvalue weighted by atomic mass is 19.1. The van der Waals surface area contributed by atoms with Crippen LogP contribution >= 0.6 is 0 Å². The van der Waals surface area contributed by atoms with Gasteiger partial charge in [0.2, 0.25) is 5.75 Å². The SMILES string of the molecule is CCn1cc(C(=O)Nc2ccc(Oc3ccnc4cc(OC)c5c(c34)OCCO5)c(F)c2)c(=O)n(-c2ccc(F)cc2)c1=O. The fourth-order valence-corrected chi connectivity index (χ4v) is 4.79. The Balaban J connectivity index is 1.30. The van der Waals surface area contributed by atoms with Crippen molar-refractivity contribution in [1.29, 1.82) is 0 Å². The van der Waals surface area contributed by atoms with Crippen molar-refractivity contribution >= 4 is 22.5 Å². The summed E-state index contributed by atoms with van der Waals surface area (Å²) in [6.07, 6.45) is 2.62. The maximum Gasteiger partial charge on any atom is 0.335 e. The van der Waals surface area contributed by atoms with Crippen molar-refractivity contribution in [3.05, 3.63) is 105 Å². The number of rotatable bonds is 7. The van der Waals surface area contributed by atoms with Gasteiger partial charge in [0.15, 0.2) is 23.1 Å². The van der Waals surface area contributed by atoms with Crippen LogP contribution in [0.4, 0.5) is 14.5 Å². The van der Waals surface area contributed by atoms with Gasteiger partial charge in [-0.1, -0.05) is 0 Å².